The molecule has 0 radical (unpaired) electrons. The van der Waals surface area contributed by atoms with Crippen LogP contribution >= 0.6 is 0 Å². The zero-order valence-electron chi connectivity index (χ0n) is 20.3. The molecule has 0 N–H and O–H groups in total. The topological polar surface area (TPSA) is 22.8 Å². The largest absolute Gasteiger partial charge is 0.347 e. The molecular formula is C29H37N3. The number of hydrogen-bond acceptors (Lipinski definition) is 1. The highest BCUT2D eigenvalue weighted by Gasteiger charge is 2.30. The van der Waals surface area contributed by atoms with Crippen LogP contribution in [0.3, 0.4) is 0 Å². The van der Waals surface area contributed by atoms with Gasteiger partial charge < -0.3 is 4.57 Å². The number of rotatable bonds is 8. The lowest BCUT2D eigenvalue weighted by molar-refractivity contribution is 0.436. The predicted molar refractivity (Wildman–Crippen MR) is 136 cm³/mol. The van der Waals surface area contributed by atoms with E-state index in [0.29, 0.717) is 23.8 Å². The molecule has 4 aromatic rings. The Balaban J connectivity index is 1.30. The second-order valence-electron chi connectivity index (χ2n) is 10.4. The monoisotopic (exact) mass is 427 g/mol. The number of aryl methyl sites for hydroxylation is 1. The molecule has 5 rings (SSSR count). The van der Waals surface area contributed by atoms with E-state index in [9.17, 15) is 0 Å². The Bertz CT molecular complexity index is 1240. The van der Waals surface area contributed by atoms with Crippen molar-refractivity contribution in [2.24, 2.45) is 7.05 Å². The van der Waals surface area contributed by atoms with E-state index in [1.54, 1.807) is 0 Å². The Kier molecular flexibility index (Phi) is 5.61. The van der Waals surface area contributed by atoms with Gasteiger partial charge in [0.15, 0.2) is 0 Å². The summed E-state index contributed by atoms with van der Waals surface area (Å²) in [4.78, 5) is 0. The fourth-order valence-electron chi connectivity index (χ4n) is 5.31. The fourth-order valence-corrected chi connectivity index (χ4v) is 5.31. The van der Waals surface area contributed by atoms with Crippen LogP contribution in [0.4, 0.5) is 0 Å². The van der Waals surface area contributed by atoms with Crippen molar-refractivity contribution in [3.8, 4) is 0 Å². The van der Waals surface area contributed by atoms with E-state index in [-0.39, 0.29) is 0 Å². The molecule has 1 aliphatic carbocycles. The normalized spacial score (nSPS) is 16.3. The van der Waals surface area contributed by atoms with Gasteiger partial charge in [0, 0.05) is 35.6 Å². The van der Waals surface area contributed by atoms with Gasteiger partial charge in [-0.3, -0.25) is 4.68 Å². The molecule has 1 unspecified atom stereocenters. The van der Waals surface area contributed by atoms with Gasteiger partial charge in [0.25, 0.3) is 0 Å². The molecule has 0 saturated heterocycles. The van der Waals surface area contributed by atoms with Gasteiger partial charge in [-0.05, 0) is 79.7 Å². The molecule has 0 bridgehead atoms. The highest BCUT2D eigenvalue weighted by atomic mass is 15.3. The molecule has 2 atom stereocenters. The Morgan fingerprint density at radius 2 is 1.72 bits per heavy atom. The third-order valence-electron chi connectivity index (χ3n) is 7.56. The van der Waals surface area contributed by atoms with Gasteiger partial charge in [-0.2, -0.15) is 5.10 Å². The molecule has 2 heterocycles. The lowest BCUT2D eigenvalue weighted by atomic mass is 9.98. The van der Waals surface area contributed by atoms with Crippen LogP contribution in [0.1, 0.15) is 101 Å². The zero-order chi connectivity index (χ0) is 22.4. The summed E-state index contributed by atoms with van der Waals surface area (Å²) in [6, 6.07) is 18.5. The molecule has 3 heteroatoms. The Hall–Kier alpha value is -2.55. The quantitative estimate of drug-likeness (QED) is 0.279. The molecular weight excluding hydrogens is 390 g/mol. The van der Waals surface area contributed by atoms with Crippen molar-refractivity contribution < 1.29 is 0 Å². The Morgan fingerprint density at radius 3 is 2.44 bits per heavy atom. The average molecular weight is 428 g/mol. The van der Waals surface area contributed by atoms with E-state index >= 15 is 0 Å². The molecule has 2 aromatic heterocycles. The number of aromatic nitrogens is 3. The van der Waals surface area contributed by atoms with Gasteiger partial charge in [-0.15, -0.1) is 0 Å². The summed E-state index contributed by atoms with van der Waals surface area (Å²) in [5.41, 5.74) is 6.87. The third-order valence-corrected chi connectivity index (χ3v) is 7.56. The summed E-state index contributed by atoms with van der Waals surface area (Å²) in [6.45, 7) is 9.28. The van der Waals surface area contributed by atoms with Crippen LogP contribution in [0.5, 0.6) is 0 Å². The first-order valence-corrected chi connectivity index (χ1v) is 12.5. The van der Waals surface area contributed by atoms with Crippen LogP contribution in [-0.4, -0.2) is 14.3 Å². The van der Waals surface area contributed by atoms with Gasteiger partial charge in [-0.1, -0.05) is 51.5 Å². The standard InChI is InChI=1S/C29H37N3/c1-19(2)23-15-16-27-25(17-23)29(22-13-14-22)30-32(27)21(4)10-8-9-20(3)28-18-24-11-6-7-12-26(24)31(28)5/h6-7,11-12,15-22H,8-10,13-14H2,1-5H3/t20?,21-/m0/s1. The highest BCUT2D eigenvalue weighted by molar-refractivity contribution is 5.84. The van der Waals surface area contributed by atoms with Crippen molar-refractivity contribution in [1.82, 2.24) is 14.3 Å². The molecule has 2 aromatic carbocycles. The lowest BCUT2D eigenvalue weighted by Crippen LogP contribution is -2.08. The molecule has 0 amide bonds. The van der Waals surface area contributed by atoms with Gasteiger partial charge in [-0.25, -0.2) is 0 Å². The van der Waals surface area contributed by atoms with Crippen LogP contribution in [0.15, 0.2) is 48.5 Å². The van der Waals surface area contributed by atoms with Gasteiger partial charge >= 0.3 is 0 Å². The molecule has 168 valence electrons. The Labute approximate surface area is 192 Å². The summed E-state index contributed by atoms with van der Waals surface area (Å²) >= 11 is 0. The van der Waals surface area contributed by atoms with E-state index < -0.39 is 0 Å². The summed E-state index contributed by atoms with van der Waals surface area (Å²) < 4.78 is 4.70. The highest BCUT2D eigenvalue weighted by Crippen LogP contribution is 2.43. The van der Waals surface area contributed by atoms with Crippen LogP contribution in [0.2, 0.25) is 0 Å². The van der Waals surface area contributed by atoms with E-state index in [4.69, 9.17) is 5.10 Å². The summed E-state index contributed by atoms with van der Waals surface area (Å²) in [7, 11) is 2.21. The Morgan fingerprint density at radius 1 is 0.938 bits per heavy atom. The molecule has 1 saturated carbocycles. The second kappa shape index (κ2) is 8.42. The van der Waals surface area contributed by atoms with Crippen molar-refractivity contribution >= 4 is 21.8 Å². The van der Waals surface area contributed by atoms with Gasteiger partial charge in [0.1, 0.15) is 0 Å². The van der Waals surface area contributed by atoms with Crippen LogP contribution in [-0.2, 0) is 7.05 Å². The second-order valence-corrected chi connectivity index (χ2v) is 10.4. The minimum atomic E-state index is 0.426. The molecule has 1 fully saturated rings. The molecule has 1 aliphatic rings. The number of hydrogen-bond donors (Lipinski definition) is 0. The number of nitrogens with zero attached hydrogens (tertiary/aromatic N) is 3. The minimum absolute atomic E-state index is 0.426. The molecule has 0 spiro atoms. The summed E-state index contributed by atoms with van der Waals surface area (Å²) in [5, 5.41) is 7.91. The first-order valence-electron chi connectivity index (χ1n) is 12.5. The van der Waals surface area contributed by atoms with Crippen LogP contribution < -0.4 is 0 Å². The van der Waals surface area contributed by atoms with Gasteiger partial charge in [0.2, 0.25) is 0 Å². The molecule has 0 aliphatic heterocycles. The number of fused-ring (bicyclic) bond motifs is 2. The van der Waals surface area contributed by atoms with E-state index in [0.717, 1.165) is 0 Å². The first-order chi connectivity index (χ1) is 15.4. The van der Waals surface area contributed by atoms with Crippen LogP contribution in [0, 0.1) is 0 Å². The van der Waals surface area contributed by atoms with Crippen molar-refractivity contribution in [3.63, 3.8) is 0 Å². The van der Waals surface area contributed by atoms with E-state index in [1.807, 2.05) is 0 Å². The van der Waals surface area contributed by atoms with Crippen molar-refractivity contribution in [1.29, 1.82) is 0 Å². The third kappa shape index (κ3) is 3.87. The maximum atomic E-state index is 5.16. The maximum Gasteiger partial charge on any atom is 0.0734 e. The van der Waals surface area contributed by atoms with E-state index in [1.165, 1.54) is 70.9 Å². The van der Waals surface area contributed by atoms with Crippen LogP contribution in [0.25, 0.3) is 21.8 Å². The smallest absolute Gasteiger partial charge is 0.0734 e. The van der Waals surface area contributed by atoms with E-state index in [2.05, 4.69) is 92.5 Å². The maximum absolute atomic E-state index is 5.16. The predicted octanol–water partition coefficient (Wildman–Crippen LogP) is 8.06. The number of para-hydroxylation sites is 1. The molecule has 32 heavy (non-hydrogen) atoms. The SMILES string of the molecule is CC(C)c1ccc2c(c1)c(C1CC1)nn2[C@@H](C)CCCC(C)c1cc2ccccc2n1C. The minimum Gasteiger partial charge on any atom is -0.347 e. The van der Waals surface area contributed by atoms with Gasteiger partial charge in [0.05, 0.1) is 11.2 Å². The summed E-state index contributed by atoms with van der Waals surface area (Å²) in [5.74, 6) is 1.80. The lowest BCUT2D eigenvalue weighted by Gasteiger charge is -2.17. The van der Waals surface area contributed by atoms with Crippen molar-refractivity contribution in [3.05, 3.63) is 65.5 Å². The van der Waals surface area contributed by atoms with Crippen molar-refractivity contribution in [2.45, 2.75) is 83.6 Å². The zero-order valence-corrected chi connectivity index (χ0v) is 20.3. The van der Waals surface area contributed by atoms with Crippen molar-refractivity contribution in [2.75, 3.05) is 0 Å². The first kappa shape index (κ1) is 21.3. The fraction of sp³-hybridized carbons (Fsp3) is 0.483. The summed E-state index contributed by atoms with van der Waals surface area (Å²) in [6.07, 6.45) is 6.19. The molecule has 3 nitrogen and oxygen atoms in total. The average Bonchev–Trinajstić information content (AvgIpc) is 3.48. The number of benzene rings is 2.